The van der Waals surface area contributed by atoms with Crippen LogP contribution in [0.25, 0.3) is 0 Å². The average molecular weight is 219 g/mol. The van der Waals surface area contributed by atoms with Gasteiger partial charge >= 0.3 is 0 Å². The molecule has 0 aliphatic heterocycles. The Kier molecular flexibility index (Phi) is 4.85. The molecule has 0 aromatic heterocycles. The highest BCUT2D eigenvalue weighted by Gasteiger charge is 2.06. The molecule has 1 rings (SSSR count). The van der Waals surface area contributed by atoms with E-state index in [1.807, 2.05) is 6.92 Å². The van der Waals surface area contributed by atoms with Crippen LogP contribution in [-0.4, -0.2) is 6.61 Å². The lowest BCUT2D eigenvalue weighted by atomic mass is 9.96. The summed E-state index contributed by atoms with van der Waals surface area (Å²) in [5.41, 5.74) is 2.67. The van der Waals surface area contributed by atoms with Crippen molar-refractivity contribution < 1.29 is 4.74 Å². The first kappa shape index (κ1) is 13.1. The summed E-state index contributed by atoms with van der Waals surface area (Å²) in [6, 6.07) is 6.57. The van der Waals surface area contributed by atoms with Gasteiger partial charge in [0.15, 0.2) is 0 Å². The number of hydrogen-bond acceptors (Lipinski definition) is 1. The smallest absolute Gasteiger partial charge is 0.119 e. The Labute approximate surface area is 99.8 Å². The van der Waals surface area contributed by atoms with Crippen LogP contribution in [0.15, 0.2) is 18.2 Å². The standard InChI is InChI=1S/C15H23O/c1-6-16-15-9-13(7-11(2)3)8-14(10-15)12(4)5/h8-11H,6-7H2,1-5H3. The van der Waals surface area contributed by atoms with Crippen molar-refractivity contribution in [3.05, 3.63) is 35.2 Å². The summed E-state index contributed by atoms with van der Waals surface area (Å²) >= 11 is 0. The maximum Gasteiger partial charge on any atom is 0.119 e. The monoisotopic (exact) mass is 219 g/mol. The largest absolute Gasteiger partial charge is 0.494 e. The van der Waals surface area contributed by atoms with E-state index in [4.69, 9.17) is 4.74 Å². The van der Waals surface area contributed by atoms with Gasteiger partial charge in [-0.25, -0.2) is 0 Å². The quantitative estimate of drug-likeness (QED) is 0.719. The van der Waals surface area contributed by atoms with E-state index < -0.39 is 0 Å². The van der Waals surface area contributed by atoms with Crippen molar-refractivity contribution in [2.45, 2.75) is 41.0 Å². The van der Waals surface area contributed by atoms with Crippen molar-refractivity contribution in [1.82, 2.24) is 0 Å². The number of hydrogen-bond donors (Lipinski definition) is 0. The number of rotatable bonds is 5. The third-order valence-corrected chi connectivity index (χ3v) is 2.50. The first-order valence-corrected chi connectivity index (χ1v) is 6.10. The van der Waals surface area contributed by atoms with Gasteiger partial charge in [0.1, 0.15) is 5.75 Å². The van der Waals surface area contributed by atoms with Gasteiger partial charge in [-0.15, -0.1) is 0 Å². The third kappa shape index (κ3) is 3.88. The van der Waals surface area contributed by atoms with Gasteiger partial charge in [0.2, 0.25) is 0 Å². The van der Waals surface area contributed by atoms with Gasteiger partial charge < -0.3 is 4.74 Å². The molecule has 0 bridgehead atoms. The fourth-order valence-electron chi connectivity index (χ4n) is 1.79. The summed E-state index contributed by atoms with van der Waals surface area (Å²) in [7, 11) is 0. The van der Waals surface area contributed by atoms with Crippen molar-refractivity contribution >= 4 is 0 Å². The Morgan fingerprint density at radius 3 is 2.38 bits per heavy atom. The summed E-state index contributed by atoms with van der Waals surface area (Å²) in [6.45, 7) is 11.5. The Morgan fingerprint density at radius 2 is 1.88 bits per heavy atom. The predicted molar refractivity (Wildman–Crippen MR) is 69.8 cm³/mol. The second-order valence-corrected chi connectivity index (χ2v) is 4.90. The Hall–Kier alpha value is -0.980. The van der Waals surface area contributed by atoms with Gasteiger partial charge in [-0.3, -0.25) is 0 Å². The van der Waals surface area contributed by atoms with Gasteiger partial charge in [0.05, 0.1) is 6.61 Å². The Bertz CT molecular complexity index is 326. The lowest BCUT2D eigenvalue weighted by Gasteiger charge is -2.13. The van der Waals surface area contributed by atoms with Crippen LogP contribution in [-0.2, 0) is 6.42 Å². The minimum Gasteiger partial charge on any atom is -0.494 e. The molecule has 0 N–H and O–H groups in total. The molecular formula is C15H23O. The van der Waals surface area contributed by atoms with Gasteiger partial charge in [-0.05, 0) is 48.4 Å². The van der Waals surface area contributed by atoms with Crippen LogP contribution in [0.5, 0.6) is 5.75 Å². The molecule has 1 aromatic carbocycles. The van der Waals surface area contributed by atoms with Crippen LogP contribution in [0.2, 0.25) is 0 Å². The maximum atomic E-state index is 5.61. The minimum absolute atomic E-state index is 0.682. The van der Waals surface area contributed by atoms with Crippen molar-refractivity contribution in [1.29, 1.82) is 0 Å². The van der Waals surface area contributed by atoms with E-state index in [0.29, 0.717) is 5.92 Å². The average Bonchev–Trinajstić information content (AvgIpc) is 2.16. The predicted octanol–water partition coefficient (Wildman–Crippen LogP) is 4.25. The molecule has 0 unspecified atom stereocenters. The maximum absolute atomic E-state index is 5.61. The van der Waals surface area contributed by atoms with Crippen molar-refractivity contribution in [2.24, 2.45) is 5.92 Å². The molecule has 0 spiro atoms. The highest BCUT2D eigenvalue weighted by Crippen LogP contribution is 2.24. The highest BCUT2D eigenvalue weighted by atomic mass is 16.5. The van der Waals surface area contributed by atoms with Gasteiger partial charge in [-0.1, -0.05) is 33.8 Å². The van der Waals surface area contributed by atoms with Crippen molar-refractivity contribution in [3.8, 4) is 5.75 Å². The topological polar surface area (TPSA) is 9.23 Å². The van der Waals surface area contributed by atoms with Gasteiger partial charge in [0.25, 0.3) is 0 Å². The van der Waals surface area contributed by atoms with Crippen LogP contribution in [0, 0.1) is 11.8 Å². The molecule has 1 radical (unpaired) electrons. The van der Waals surface area contributed by atoms with Crippen LogP contribution < -0.4 is 4.74 Å². The first-order valence-electron chi connectivity index (χ1n) is 6.10. The van der Waals surface area contributed by atoms with E-state index in [2.05, 4.69) is 45.9 Å². The molecule has 0 fully saturated rings. The van der Waals surface area contributed by atoms with Gasteiger partial charge in [0, 0.05) is 0 Å². The van der Waals surface area contributed by atoms with E-state index >= 15 is 0 Å². The van der Waals surface area contributed by atoms with E-state index in [1.165, 1.54) is 17.0 Å². The molecule has 0 amide bonds. The summed E-state index contributed by atoms with van der Waals surface area (Å²) < 4.78 is 5.61. The normalized spacial score (nSPS) is 11.2. The molecule has 1 heteroatoms. The molecule has 89 valence electrons. The molecule has 0 saturated heterocycles. The summed E-state index contributed by atoms with van der Waals surface area (Å²) in [5, 5.41) is 0. The molecule has 16 heavy (non-hydrogen) atoms. The molecule has 0 heterocycles. The molecule has 0 aliphatic rings. The first-order chi connectivity index (χ1) is 7.52. The minimum atomic E-state index is 0.682. The van der Waals surface area contributed by atoms with Crippen LogP contribution in [0.1, 0.15) is 45.7 Å². The fraction of sp³-hybridized carbons (Fsp3) is 0.533. The molecular weight excluding hydrogens is 196 g/mol. The molecule has 0 saturated carbocycles. The van der Waals surface area contributed by atoms with Crippen LogP contribution in [0.3, 0.4) is 0 Å². The summed E-state index contributed by atoms with van der Waals surface area (Å²) in [5.74, 6) is 3.02. The lowest BCUT2D eigenvalue weighted by molar-refractivity contribution is 0.339. The Morgan fingerprint density at radius 1 is 1.19 bits per heavy atom. The lowest BCUT2D eigenvalue weighted by Crippen LogP contribution is -2.00. The fourth-order valence-corrected chi connectivity index (χ4v) is 1.79. The van der Waals surface area contributed by atoms with Crippen molar-refractivity contribution in [2.75, 3.05) is 6.61 Å². The molecule has 0 aliphatic carbocycles. The second kappa shape index (κ2) is 5.93. The second-order valence-electron chi connectivity index (χ2n) is 4.90. The number of ether oxygens (including phenoxy) is 1. The van der Waals surface area contributed by atoms with E-state index in [9.17, 15) is 0 Å². The zero-order valence-electron chi connectivity index (χ0n) is 11.1. The van der Waals surface area contributed by atoms with E-state index in [0.717, 1.165) is 18.8 Å². The highest BCUT2D eigenvalue weighted by molar-refractivity contribution is 5.40. The van der Waals surface area contributed by atoms with E-state index in [-0.39, 0.29) is 0 Å². The van der Waals surface area contributed by atoms with E-state index in [1.54, 1.807) is 0 Å². The molecule has 1 aromatic rings. The summed E-state index contributed by atoms with van der Waals surface area (Å²) in [6.07, 6.45) is 1.11. The molecule has 0 atom stereocenters. The number of benzene rings is 1. The SMILES string of the molecule is CCOc1cc(CC(C)C)cc([C](C)C)c1. The van der Waals surface area contributed by atoms with Crippen LogP contribution in [0.4, 0.5) is 0 Å². The zero-order chi connectivity index (χ0) is 12.1. The third-order valence-electron chi connectivity index (χ3n) is 2.50. The van der Waals surface area contributed by atoms with Crippen molar-refractivity contribution in [3.63, 3.8) is 0 Å². The Balaban J connectivity index is 2.98. The zero-order valence-corrected chi connectivity index (χ0v) is 11.1. The van der Waals surface area contributed by atoms with Gasteiger partial charge in [-0.2, -0.15) is 0 Å². The summed E-state index contributed by atoms with van der Waals surface area (Å²) in [4.78, 5) is 0. The molecule has 1 nitrogen and oxygen atoms in total. The van der Waals surface area contributed by atoms with Crippen LogP contribution >= 0.6 is 0 Å².